The van der Waals surface area contributed by atoms with E-state index in [9.17, 15) is 4.79 Å². The van der Waals surface area contributed by atoms with Gasteiger partial charge in [0.1, 0.15) is 0 Å². The first-order chi connectivity index (χ1) is 10.1. The number of carbonyl (C=O) groups excluding carboxylic acids is 1. The molecule has 3 nitrogen and oxygen atoms in total. The lowest BCUT2D eigenvalue weighted by Gasteiger charge is -2.37. The summed E-state index contributed by atoms with van der Waals surface area (Å²) >= 11 is 5.61. The first-order valence-electron chi connectivity index (χ1n) is 7.75. The van der Waals surface area contributed by atoms with Crippen LogP contribution in [0.1, 0.15) is 47.1 Å². The van der Waals surface area contributed by atoms with Crippen LogP contribution in [0.2, 0.25) is 0 Å². The van der Waals surface area contributed by atoms with Gasteiger partial charge >= 0.3 is 0 Å². The topological polar surface area (TPSA) is 32.3 Å². The minimum absolute atomic E-state index is 0.0422. The Morgan fingerprint density at radius 2 is 1.77 bits per heavy atom. The minimum Gasteiger partial charge on any atom is -0.373 e. The second-order valence-electron chi connectivity index (χ2n) is 7.06. The summed E-state index contributed by atoms with van der Waals surface area (Å²) in [5, 5.41) is 3.36. The van der Waals surface area contributed by atoms with Crippen molar-refractivity contribution in [2.75, 3.05) is 0 Å². The third-order valence-corrected chi connectivity index (χ3v) is 3.68. The molecule has 0 radical (unpaired) electrons. The van der Waals surface area contributed by atoms with Gasteiger partial charge in [-0.05, 0) is 32.3 Å². The monoisotopic (exact) mass is 320 g/mol. The van der Waals surface area contributed by atoms with E-state index in [2.05, 4.69) is 39.9 Å². The molecule has 1 atom stereocenters. The molecule has 122 valence electrons. The molecular weight excluding hydrogens is 292 g/mol. The van der Waals surface area contributed by atoms with Gasteiger partial charge in [0.15, 0.2) is 0 Å². The summed E-state index contributed by atoms with van der Waals surface area (Å²) in [5.41, 5.74) is 1.00. The summed E-state index contributed by atoms with van der Waals surface area (Å²) in [7, 11) is 0. The highest BCUT2D eigenvalue weighted by atomic mass is 32.1. The van der Waals surface area contributed by atoms with Gasteiger partial charge in [0, 0.05) is 19.0 Å². The van der Waals surface area contributed by atoms with Crippen LogP contribution in [0.3, 0.4) is 0 Å². The zero-order chi connectivity index (χ0) is 16.9. The fourth-order valence-corrected chi connectivity index (χ4v) is 3.14. The minimum atomic E-state index is -0.112. The molecule has 0 saturated heterocycles. The Hall–Kier alpha value is -1.42. The highest BCUT2D eigenvalue weighted by molar-refractivity contribution is 7.80. The largest absolute Gasteiger partial charge is 0.373 e. The van der Waals surface area contributed by atoms with Gasteiger partial charge in [-0.15, -0.1) is 0 Å². The molecule has 0 fully saturated rings. The summed E-state index contributed by atoms with van der Waals surface area (Å²) < 4.78 is 0. The molecule has 0 aromatic heterocycles. The molecule has 0 aliphatic rings. The molecule has 1 aromatic rings. The number of benzene rings is 1. The van der Waals surface area contributed by atoms with Gasteiger partial charge in [-0.2, -0.15) is 0 Å². The van der Waals surface area contributed by atoms with E-state index in [1.165, 1.54) is 0 Å². The van der Waals surface area contributed by atoms with E-state index < -0.39 is 0 Å². The molecule has 0 aliphatic heterocycles. The van der Waals surface area contributed by atoms with E-state index in [1.54, 1.807) is 6.92 Å². The van der Waals surface area contributed by atoms with Crippen LogP contribution in [0.5, 0.6) is 0 Å². The highest BCUT2D eigenvalue weighted by Gasteiger charge is 2.29. The number of carbonyl (C=O) groups is 1. The summed E-state index contributed by atoms with van der Waals surface area (Å²) in [5.74, 6) is 0.288. The van der Waals surface area contributed by atoms with Crippen molar-refractivity contribution < 1.29 is 4.79 Å². The Labute approximate surface area is 140 Å². The third-order valence-electron chi connectivity index (χ3n) is 3.33. The van der Waals surface area contributed by atoms with Crippen LogP contribution in [-0.2, 0) is 11.3 Å². The predicted molar refractivity (Wildman–Crippen MR) is 96.8 cm³/mol. The maximum Gasteiger partial charge on any atom is 0.220 e. The van der Waals surface area contributed by atoms with E-state index in [0.717, 1.165) is 10.6 Å². The van der Waals surface area contributed by atoms with Crippen molar-refractivity contribution in [3.63, 3.8) is 0 Å². The molecule has 0 aliphatic carbocycles. The van der Waals surface area contributed by atoms with Gasteiger partial charge in [0.2, 0.25) is 5.91 Å². The van der Waals surface area contributed by atoms with Crippen LogP contribution < -0.4 is 5.32 Å². The van der Waals surface area contributed by atoms with Crippen LogP contribution in [-0.4, -0.2) is 27.4 Å². The van der Waals surface area contributed by atoms with Crippen molar-refractivity contribution >= 4 is 23.1 Å². The number of amides is 1. The average Bonchev–Trinajstić information content (AvgIpc) is 2.36. The maximum absolute atomic E-state index is 12.2. The lowest BCUT2D eigenvalue weighted by molar-refractivity contribution is -0.131. The van der Waals surface area contributed by atoms with Gasteiger partial charge in [0.25, 0.3) is 0 Å². The molecule has 0 spiro atoms. The number of nitrogens with one attached hydrogen (secondary N) is 1. The van der Waals surface area contributed by atoms with Crippen LogP contribution in [0.15, 0.2) is 30.3 Å². The quantitative estimate of drug-likeness (QED) is 0.838. The molecule has 1 N–H and O–H groups in total. The molecule has 0 bridgehead atoms. The van der Waals surface area contributed by atoms with E-state index in [0.29, 0.717) is 6.54 Å². The van der Waals surface area contributed by atoms with Crippen molar-refractivity contribution in [3.05, 3.63) is 35.9 Å². The van der Waals surface area contributed by atoms with Crippen molar-refractivity contribution in [1.29, 1.82) is 0 Å². The van der Waals surface area contributed by atoms with Gasteiger partial charge < -0.3 is 10.2 Å². The summed E-state index contributed by atoms with van der Waals surface area (Å²) in [4.78, 5) is 14.8. The maximum atomic E-state index is 12.2. The van der Waals surface area contributed by atoms with E-state index in [4.69, 9.17) is 12.2 Å². The van der Waals surface area contributed by atoms with Gasteiger partial charge in [-0.3, -0.25) is 4.79 Å². The Kier molecular flexibility index (Phi) is 6.54. The number of hydrogen-bond donors (Lipinski definition) is 1. The standard InChI is InChI=1S/C18H28N2OS/c1-13(2)16(17(22)19-18(4,5)6)20(14(3)21)12-15-10-8-7-9-11-15/h7-11,13,16H,12H2,1-6H3,(H,19,22). The van der Waals surface area contributed by atoms with Crippen LogP contribution in [0, 0.1) is 5.92 Å². The number of nitrogens with zero attached hydrogens (tertiary/aromatic N) is 1. The van der Waals surface area contributed by atoms with E-state index in [1.807, 2.05) is 35.2 Å². The predicted octanol–water partition coefficient (Wildman–Crippen LogP) is 3.78. The first kappa shape index (κ1) is 18.6. The van der Waals surface area contributed by atoms with Gasteiger partial charge in [-0.25, -0.2) is 0 Å². The molecule has 0 saturated carbocycles. The zero-order valence-corrected chi connectivity index (χ0v) is 15.3. The van der Waals surface area contributed by atoms with Crippen LogP contribution in [0.25, 0.3) is 0 Å². The molecule has 4 heteroatoms. The molecule has 1 rings (SSSR count). The zero-order valence-electron chi connectivity index (χ0n) is 14.5. The third kappa shape index (κ3) is 5.76. The lowest BCUT2D eigenvalue weighted by atomic mass is 9.99. The van der Waals surface area contributed by atoms with Crippen LogP contribution >= 0.6 is 12.2 Å². The lowest BCUT2D eigenvalue weighted by Crippen LogP contribution is -2.54. The van der Waals surface area contributed by atoms with Gasteiger partial charge in [0.05, 0.1) is 11.0 Å². The molecule has 1 aromatic carbocycles. The van der Waals surface area contributed by atoms with Crippen molar-refractivity contribution in [1.82, 2.24) is 10.2 Å². The van der Waals surface area contributed by atoms with E-state index >= 15 is 0 Å². The molecule has 22 heavy (non-hydrogen) atoms. The summed E-state index contributed by atoms with van der Waals surface area (Å²) in [6, 6.07) is 9.93. The van der Waals surface area contributed by atoms with Crippen molar-refractivity contribution in [3.8, 4) is 0 Å². The SMILES string of the molecule is CC(=O)N(Cc1ccccc1)C(C(=S)NC(C)(C)C)C(C)C. The molecule has 0 heterocycles. The smallest absolute Gasteiger partial charge is 0.220 e. The van der Waals surface area contributed by atoms with Crippen LogP contribution in [0.4, 0.5) is 0 Å². The van der Waals surface area contributed by atoms with E-state index in [-0.39, 0.29) is 23.4 Å². The molecule has 1 amide bonds. The average molecular weight is 321 g/mol. The fraction of sp³-hybridized carbons (Fsp3) is 0.556. The summed E-state index contributed by atoms with van der Waals surface area (Å²) in [6.07, 6.45) is 0. The Morgan fingerprint density at radius 3 is 2.18 bits per heavy atom. The summed E-state index contributed by atoms with van der Waals surface area (Å²) in [6.45, 7) is 12.6. The fourth-order valence-electron chi connectivity index (χ4n) is 2.43. The normalized spacial score (nSPS) is 12.9. The number of hydrogen-bond acceptors (Lipinski definition) is 2. The van der Waals surface area contributed by atoms with Crippen molar-refractivity contribution in [2.45, 2.75) is 59.7 Å². The highest BCUT2D eigenvalue weighted by Crippen LogP contribution is 2.18. The molecule has 1 unspecified atom stereocenters. The Morgan fingerprint density at radius 1 is 1.23 bits per heavy atom. The number of rotatable bonds is 5. The Bertz CT molecular complexity index is 506. The van der Waals surface area contributed by atoms with Gasteiger partial charge in [-0.1, -0.05) is 56.4 Å². The Balaban J connectivity index is 3.02. The second-order valence-corrected chi connectivity index (χ2v) is 7.50. The number of thiocarbonyl (C=S) groups is 1. The first-order valence-corrected chi connectivity index (χ1v) is 8.16. The van der Waals surface area contributed by atoms with Crippen molar-refractivity contribution in [2.24, 2.45) is 5.92 Å². The second kappa shape index (κ2) is 7.73. The molecular formula is C18H28N2OS.